The molecule has 1 aliphatic carbocycles. The quantitative estimate of drug-likeness (QED) is 0.203. The number of thioether (sulfide) groups is 1. The minimum atomic E-state index is -0.307. The number of amides is 1. The Morgan fingerprint density at radius 1 is 0.976 bits per heavy atom. The first kappa shape index (κ1) is 27.1. The van der Waals surface area contributed by atoms with E-state index >= 15 is 0 Å². The minimum absolute atomic E-state index is 0.0147. The third kappa shape index (κ3) is 5.88. The minimum Gasteiger partial charge on any atom is -0.493 e. The molecular weight excluding hydrogens is 537 g/mol. The van der Waals surface area contributed by atoms with E-state index < -0.39 is 0 Å². The molecule has 0 spiro atoms. The van der Waals surface area contributed by atoms with Crippen molar-refractivity contribution >= 4 is 45.5 Å². The molecule has 6 nitrogen and oxygen atoms in total. The number of ether oxygens (including phenoxy) is 2. The fraction of sp³-hybridized carbons (Fsp3) is 0.273. The van der Waals surface area contributed by atoms with Crippen LogP contribution in [0.2, 0.25) is 0 Å². The lowest BCUT2D eigenvalue weighted by Crippen LogP contribution is -2.40. The monoisotopic (exact) mass is 569 g/mol. The van der Waals surface area contributed by atoms with Crippen LogP contribution in [0.4, 0.5) is 10.1 Å². The molecule has 0 N–H and O–H groups in total. The fourth-order valence-electron chi connectivity index (χ4n) is 5.56. The van der Waals surface area contributed by atoms with Gasteiger partial charge in [-0.15, -0.1) is 0 Å². The lowest BCUT2D eigenvalue weighted by atomic mass is 9.94. The van der Waals surface area contributed by atoms with Crippen LogP contribution in [0.15, 0.2) is 88.9 Å². The fourth-order valence-corrected chi connectivity index (χ4v) is 6.61. The zero-order chi connectivity index (χ0) is 28.2. The molecule has 2 aliphatic rings. The number of hydrogen-bond acceptors (Lipinski definition) is 5. The molecule has 1 aromatic heterocycles. The number of aliphatic imine (C=N–C) groups is 1. The van der Waals surface area contributed by atoms with Gasteiger partial charge < -0.3 is 14.0 Å². The smallest absolute Gasteiger partial charge is 0.267 e. The molecule has 210 valence electrons. The van der Waals surface area contributed by atoms with Gasteiger partial charge in [0, 0.05) is 28.7 Å². The molecule has 8 heteroatoms. The molecule has 2 fully saturated rings. The summed E-state index contributed by atoms with van der Waals surface area (Å²) in [4.78, 5) is 21.2. The Morgan fingerprint density at radius 2 is 1.71 bits per heavy atom. The second-order valence-corrected chi connectivity index (χ2v) is 11.3. The van der Waals surface area contributed by atoms with Crippen molar-refractivity contribution in [3.63, 3.8) is 0 Å². The number of amidine groups is 1. The second kappa shape index (κ2) is 12.2. The van der Waals surface area contributed by atoms with Crippen LogP contribution in [0.25, 0.3) is 17.0 Å². The summed E-state index contributed by atoms with van der Waals surface area (Å²) in [6.07, 6.45) is 9.39. The molecule has 1 amide bonds. The van der Waals surface area contributed by atoms with Crippen molar-refractivity contribution in [3.05, 3.63) is 95.3 Å². The van der Waals surface area contributed by atoms with Crippen LogP contribution in [0, 0.1) is 5.82 Å². The summed E-state index contributed by atoms with van der Waals surface area (Å²) in [6.45, 7) is 1.10. The summed E-state index contributed by atoms with van der Waals surface area (Å²) in [7, 11) is 1.63. The zero-order valence-electron chi connectivity index (χ0n) is 23.0. The standard InChI is InChI=1S/C33H32FN3O3S/c1-39-29-13-7-8-14-30(29)40-20-19-36-22-23(27-11-5-6-12-28(27)36)21-31-32(38)37(26-9-3-2-4-10-26)33(41-31)35-25-17-15-24(34)16-18-25/h5-8,11-18,21-22,26H,2-4,9-10,19-20H2,1H3. The normalized spacial score (nSPS) is 18.1. The Morgan fingerprint density at radius 3 is 2.49 bits per heavy atom. The number of carbonyl (C=O) groups excluding carboxylic acids is 1. The summed E-state index contributed by atoms with van der Waals surface area (Å²) < 4.78 is 27.1. The maximum atomic E-state index is 13.9. The van der Waals surface area contributed by atoms with Crippen LogP contribution in [-0.4, -0.2) is 40.3 Å². The van der Waals surface area contributed by atoms with Crippen molar-refractivity contribution in [1.82, 2.24) is 9.47 Å². The van der Waals surface area contributed by atoms with Gasteiger partial charge in [0.25, 0.3) is 5.91 Å². The first-order valence-electron chi connectivity index (χ1n) is 14.0. The van der Waals surface area contributed by atoms with Crippen LogP contribution in [0.3, 0.4) is 0 Å². The predicted octanol–water partition coefficient (Wildman–Crippen LogP) is 7.80. The Bertz CT molecular complexity index is 1610. The molecule has 0 radical (unpaired) electrons. The van der Waals surface area contributed by atoms with E-state index in [9.17, 15) is 9.18 Å². The maximum Gasteiger partial charge on any atom is 0.267 e. The van der Waals surface area contributed by atoms with E-state index in [1.165, 1.54) is 30.3 Å². The highest BCUT2D eigenvalue weighted by atomic mass is 32.2. The average Bonchev–Trinajstić information content (AvgIpc) is 3.51. The van der Waals surface area contributed by atoms with Gasteiger partial charge in [0.1, 0.15) is 12.4 Å². The van der Waals surface area contributed by atoms with Crippen molar-refractivity contribution in [2.75, 3.05) is 13.7 Å². The van der Waals surface area contributed by atoms with Gasteiger partial charge in [-0.1, -0.05) is 49.6 Å². The molecule has 6 rings (SSSR count). The van der Waals surface area contributed by atoms with E-state index in [2.05, 4.69) is 22.9 Å². The van der Waals surface area contributed by atoms with Gasteiger partial charge in [0.05, 0.1) is 24.2 Å². The number of para-hydroxylation sites is 3. The third-order valence-electron chi connectivity index (χ3n) is 7.59. The Labute approximate surface area is 243 Å². The Hall–Kier alpha value is -4.04. The third-order valence-corrected chi connectivity index (χ3v) is 8.58. The first-order chi connectivity index (χ1) is 20.1. The van der Waals surface area contributed by atoms with Crippen molar-refractivity contribution in [1.29, 1.82) is 0 Å². The molecule has 41 heavy (non-hydrogen) atoms. The van der Waals surface area contributed by atoms with Crippen LogP contribution >= 0.6 is 11.8 Å². The summed E-state index contributed by atoms with van der Waals surface area (Å²) in [6, 6.07) is 22.0. The van der Waals surface area contributed by atoms with E-state index in [-0.39, 0.29) is 17.8 Å². The summed E-state index contributed by atoms with van der Waals surface area (Å²) in [5.74, 6) is 1.09. The zero-order valence-corrected chi connectivity index (χ0v) is 23.8. The Kier molecular flexibility index (Phi) is 8.09. The number of halogens is 1. The molecule has 4 aromatic rings. The van der Waals surface area contributed by atoms with E-state index in [4.69, 9.17) is 14.5 Å². The van der Waals surface area contributed by atoms with Gasteiger partial charge in [0.2, 0.25) is 0 Å². The van der Waals surface area contributed by atoms with E-state index in [1.54, 1.807) is 19.2 Å². The van der Waals surface area contributed by atoms with Gasteiger partial charge >= 0.3 is 0 Å². The molecule has 0 atom stereocenters. The molecular formula is C33H32FN3O3S. The number of carbonyl (C=O) groups is 1. The number of nitrogens with zero attached hydrogens (tertiary/aromatic N) is 3. The number of methoxy groups -OCH3 is 1. The first-order valence-corrected chi connectivity index (χ1v) is 14.8. The highest BCUT2D eigenvalue weighted by Crippen LogP contribution is 2.39. The average molecular weight is 570 g/mol. The number of hydrogen-bond donors (Lipinski definition) is 0. The lowest BCUT2D eigenvalue weighted by Gasteiger charge is -2.30. The van der Waals surface area contributed by atoms with Gasteiger partial charge in [-0.25, -0.2) is 9.38 Å². The summed E-state index contributed by atoms with van der Waals surface area (Å²) >= 11 is 1.40. The van der Waals surface area contributed by atoms with Gasteiger partial charge in [-0.2, -0.15) is 0 Å². The highest BCUT2D eigenvalue weighted by Gasteiger charge is 2.38. The van der Waals surface area contributed by atoms with Crippen molar-refractivity contribution in [2.24, 2.45) is 4.99 Å². The van der Waals surface area contributed by atoms with Crippen molar-refractivity contribution in [2.45, 2.75) is 44.7 Å². The van der Waals surface area contributed by atoms with Crippen LogP contribution in [0.5, 0.6) is 11.5 Å². The summed E-state index contributed by atoms with van der Waals surface area (Å²) in [5.41, 5.74) is 2.68. The van der Waals surface area contributed by atoms with Crippen LogP contribution < -0.4 is 9.47 Å². The number of fused-ring (bicyclic) bond motifs is 1. The van der Waals surface area contributed by atoms with Gasteiger partial charge in [-0.05, 0) is 73.1 Å². The van der Waals surface area contributed by atoms with E-state index in [0.29, 0.717) is 40.4 Å². The summed E-state index contributed by atoms with van der Waals surface area (Å²) in [5, 5.41) is 1.73. The number of benzene rings is 3. The van der Waals surface area contributed by atoms with Gasteiger partial charge in [0.15, 0.2) is 16.7 Å². The second-order valence-electron chi connectivity index (χ2n) is 10.2. The number of aromatic nitrogens is 1. The predicted molar refractivity (Wildman–Crippen MR) is 163 cm³/mol. The van der Waals surface area contributed by atoms with E-state index in [1.807, 2.05) is 47.4 Å². The molecule has 1 saturated heterocycles. The van der Waals surface area contributed by atoms with Gasteiger partial charge in [-0.3, -0.25) is 9.69 Å². The molecule has 2 heterocycles. The van der Waals surface area contributed by atoms with Crippen molar-refractivity contribution < 1.29 is 18.7 Å². The lowest BCUT2D eigenvalue weighted by molar-refractivity contribution is -0.124. The van der Waals surface area contributed by atoms with Crippen LogP contribution in [0.1, 0.15) is 37.7 Å². The molecule has 3 aromatic carbocycles. The molecule has 1 aliphatic heterocycles. The topological polar surface area (TPSA) is 56.1 Å². The Balaban J connectivity index is 1.29. The highest BCUT2D eigenvalue weighted by molar-refractivity contribution is 8.18. The maximum absolute atomic E-state index is 13.9. The van der Waals surface area contributed by atoms with E-state index in [0.717, 1.165) is 42.1 Å². The molecule has 0 unspecified atom stereocenters. The SMILES string of the molecule is COc1ccccc1OCCn1cc(C=C2SC(=Nc3ccc(F)cc3)N(C3CCCCC3)C2=O)c2ccccc21. The largest absolute Gasteiger partial charge is 0.493 e. The number of rotatable bonds is 8. The molecule has 0 bridgehead atoms. The van der Waals surface area contributed by atoms with Crippen molar-refractivity contribution in [3.8, 4) is 11.5 Å². The molecule has 1 saturated carbocycles. The van der Waals surface area contributed by atoms with Crippen LogP contribution in [-0.2, 0) is 11.3 Å².